The van der Waals surface area contributed by atoms with Gasteiger partial charge in [0.2, 0.25) is 11.7 Å². The molecule has 2 aromatic heterocycles. The van der Waals surface area contributed by atoms with Crippen molar-refractivity contribution in [2.24, 2.45) is 7.05 Å². The molecular formula is C23H22FN5O2. The van der Waals surface area contributed by atoms with Gasteiger partial charge in [-0.1, -0.05) is 23.4 Å². The Bertz CT molecular complexity index is 1270. The topological polar surface area (TPSA) is 77.0 Å². The SMILES string of the molecule is Cc1nn(C)c2cc(-c3noc(C4CCN(C(=O)c5cccc(F)c5)CC4)n3)ccc12. The Hall–Kier alpha value is -3.55. The van der Waals surface area contributed by atoms with Crippen LogP contribution in [0.15, 0.2) is 47.0 Å². The maximum Gasteiger partial charge on any atom is 0.253 e. The van der Waals surface area contributed by atoms with Crippen molar-refractivity contribution in [3.63, 3.8) is 0 Å². The molecule has 0 unspecified atom stereocenters. The highest BCUT2D eigenvalue weighted by Crippen LogP contribution is 2.30. The number of amides is 1. The number of aryl methyl sites for hydroxylation is 2. The van der Waals surface area contributed by atoms with Crippen LogP contribution in [-0.4, -0.2) is 43.8 Å². The molecule has 0 atom stereocenters. The van der Waals surface area contributed by atoms with Crippen molar-refractivity contribution in [1.29, 1.82) is 0 Å². The predicted molar refractivity (Wildman–Crippen MR) is 113 cm³/mol. The van der Waals surface area contributed by atoms with Gasteiger partial charge in [0.1, 0.15) is 5.82 Å². The molecule has 1 aliphatic rings. The molecule has 0 N–H and O–H groups in total. The fourth-order valence-electron chi connectivity index (χ4n) is 4.23. The molecule has 4 aromatic rings. The van der Waals surface area contributed by atoms with Gasteiger partial charge in [0, 0.05) is 42.6 Å². The summed E-state index contributed by atoms with van der Waals surface area (Å²) in [6.45, 7) is 3.12. The molecule has 2 aromatic carbocycles. The summed E-state index contributed by atoms with van der Waals surface area (Å²) < 4.78 is 20.8. The Kier molecular flexibility index (Phi) is 4.77. The van der Waals surface area contributed by atoms with Gasteiger partial charge in [-0.3, -0.25) is 9.48 Å². The third-order valence-corrected chi connectivity index (χ3v) is 5.94. The van der Waals surface area contributed by atoms with Crippen molar-refractivity contribution >= 4 is 16.8 Å². The maximum absolute atomic E-state index is 13.4. The molecule has 158 valence electrons. The van der Waals surface area contributed by atoms with Crippen LogP contribution < -0.4 is 0 Å². The molecule has 0 bridgehead atoms. The van der Waals surface area contributed by atoms with Crippen LogP contribution >= 0.6 is 0 Å². The predicted octanol–water partition coefficient (Wildman–Crippen LogP) is 4.09. The first-order valence-corrected chi connectivity index (χ1v) is 10.3. The Labute approximate surface area is 178 Å². The van der Waals surface area contributed by atoms with Gasteiger partial charge < -0.3 is 9.42 Å². The quantitative estimate of drug-likeness (QED) is 0.500. The zero-order chi connectivity index (χ0) is 21.5. The number of carbonyl (C=O) groups excluding carboxylic acids is 1. The number of likely N-dealkylation sites (tertiary alicyclic amines) is 1. The number of halogens is 1. The molecule has 1 amide bonds. The standard InChI is InChI=1S/C23H22FN5O2/c1-14-19-7-6-16(13-20(19)28(2)26-14)21-25-22(31-27-21)15-8-10-29(11-9-15)23(30)17-4-3-5-18(24)12-17/h3-7,12-13,15H,8-11H2,1-2H3. The molecule has 0 spiro atoms. The van der Waals surface area contributed by atoms with E-state index in [0.29, 0.717) is 30.4 Å². The van der Waals surface area contributed by atoms with E-state index >= 15 is 0 Å². The van der Waals surface area contributed by atoms with E-state index < -0.39 is 5.82 Å². The molecule has 0 radical (unpaired) electrons. The van der Waals surface area contributed by atoms with Crippen molar-refractivity contribution in [2.45, 2.75) is 25.7 Å². The second kappa shape index (κ2) is 7.61. The van der Waals surface area contributed by atoms with Gasteiger partial charge in [-0.2, -0.15) is 10.1 Å². The lowest BCUT2D eigenvalue weighted by Crippen LogP contribution is -2.38. The van der Waals surface area contributed by atoms with Gasteiger partial charge in [0.05, 0.1) is 11.2 Å². The molecule has 3 heterocycles. The van der Waals surface area contributed by atoms with Gasteiger partial charge in [-0.05, 0) is 44.0 Å². The molecule has 31 heavy (non-hydrogen) atoms. The van der Waals surface area contributed by atoms with Crippen molar-refractivity contribution in [2.75, 3.05) is 13.1 Å². The average Bonchev–Trinajstić information content (AvgIpc) is 3.38. The number of rotatable bonds is 3. The zero-order valence-electron chi connectivity index (χ0n) is 17.4. The smallest absolute Gasteiger partial charge is 0.253 e. The fourth-order valence-corrected chi connectivity index (χ4v) is 4.23. The number of nitrogens with zero attached hydrogens (tertiary/aromatic N) is 5. The summed E-state index contributed by atoms with van der Waals surface area (Å²) in [5, 5.41) is 9.73. The number of aromatic nitrogens is 4. The fraction of sp³-hybridized carbons (Fsp3) is 0.304. The summed E-state index contributed by atoms with van der Waals surface area (Å²) in [7, 11) is 1.92. The van der Waals surface area contributed by atoms with Crippen LogP contribution in [0.5, 0.6) is 0 Å². The molecule has 5 rings (SSSR count). The number of hydrogen-bond donors (Lipinski definition) is 0. The van der Waals surface area contributed by atoms with E-state index in [1.54, 1.807) is 17.0 Å². The molecule has 0 saturated carbocycles. The van der Waals surface area contributed by atoms with Crippen LogP contribution in [0, 0.1) is 12.7 Å². The lowest BCUT2D eigenvalue weighted by atomic mass is 9.96. The summed E-state index contributed by atoms with van der Waals surface area (Å²) in [6, 6.07) is 11.8. The van der Waals surface area contributed by atoms with Gasteiger partial charge in [0.15, 0.2) is 0 Å². The molecule has 1 aliphatic heterocycles. The van der Waals surface area contributed by atoms with Crippen molar-refractivity contribution < 1.29 is 13.7 Å². The zero-order valence-corrected chi connectivity index (χ0v) is 17.4. The van der Waals surface area contributed by atoms with Crippen molar-refractivity contribution in [3.8, 4) is 11.4 Å². The second-order valence-corrected chi connectivity index (χ2v) is 7.97. The van der Waals surface area contributed by atoms with Crippen LogP contribution in [0.2, 0.25) is 0 Å². The number of fused-ring (bicyclic) bond motifs is 1. The maximum atomic E-state index is 13.4. The summed E-state index contributed by atoms with van der Waals surface area (Å²) >= 11 is 0. The van der Waals surface area contributed by atoms with Crippen LogP contribution in [-0.2, 0) is 7.05 Å². The third kappa shape index (κ3) is 3.58. The van der Waals surface area contributed by atoms with E-state index in [2.05, 4.69) is 15.2 Å². The first-order valence-electron chi connectivity index (χ1n) is 10.3. The Morgan fingerprint density at radius 1 is 1.16 bits per heavy atom. The highest BCUT2D eigenvalue weighted by atomic mass is 19.1. The average molecular weight is 419 g/mol. The van der Waals surface area contributed by atoms with E-state index in [1.807, 2.05) is 36.9 Å². The Morgan fingerprint density at radius 3 is 2.74 bits per heavy atom. The molecule has 1 saturated heterocycles. The molecular weight excluding hydrogens is 397 g/mol. The number of carbonyl (C=O) groups is 1. The first kappa shape index (κ1) is 19.4. The molecule has 1 fully saturated rings. The minimum Gasteiger partial charge on any atom is -0.339 e. The third-order valence-electron chi connectivity index (χ3n) is 5.94. The lowest BCUT2D eigenvalue weighted by molar-refractivity contribution is 0.0704. The largest absolute Gasteiger partial charge is 0.339 e. The van der Waals surface area contributed by atoms with E-state index in [1.165, 1.54) is 12.1 Å². The van der Waals surface area contributed by atoms with Gasteiger partial charge in [-0.25, -0.2) is 4.39 Å². The van der Waals surface area contributed by atoms with Crippen molar-refractivity contribution in [1.82, 2.24) is 24.8 Å². The highest BCUT2D eigenvalue weighted by Gasteiger charge is 2.28. The number of hydrogen-bond acceptors (Lipinski definition) is 5. The normalized spacial score (nSPS) is 15.0. The summed E-state index contributed by atoms with van der Waals surface area (Å²) in [6.07, 6.45) is 1.45. The van der Waals surface area contributed by atoms with E-state index in [-0.39, 0.29) is 11.8 Å². The van der Waals surface area contributed by atoms with Gasteiger partial charge in [0.25, 0.3) is 5.91 Å². The van der Waals surface area contributed by atoms with E-state index in [4.69, 9.17) is 4.52 Å². The van der Waals surface area contributed by atoms with Gasteiger partial charge in [-0.15, -0.1) is 0 Å². The van der Waals surface area contributed by atoms with Crippen LogP contribution in [0.25, 0.3) is 22.3 Å². The van der Waals surface area contributed by atoms with Crippen LogP contribution in [0.3, 0.4) is 0 Å². The summed E-state index contributed by atoms with van der Waals surface area (Å²) in [5.41, 5.74) is 3.26. The lowest BCUT2D eigenvalue weighted by Gasteiger charge is -2.30. The van der Waals surface area contributed by atoms with E-state index in [9.17, 15) is 9.18 Å². The summed E-state index contributed by atoms with van der Waals surface area (Å²) in [4.78, 5) is 19.0. The highest BCUT2D eigenvalue weighted by molar-refractivity contribution is 5.94. The minimum absolute atomic E-state index is 0.0977. The van der Waals surface area contributed by atoms with E-state index in [0.717, 1.165) is 35.0 Å². The molecule has 8 heteroatoms. The molecule has 7 nitrogen and oxygen atoms in total. The van der Waals surface area contributed by atoms with Crippen LogP contribution in [0.4, 0.5) is 4.39 Å². The monoisotopic (exact) mass is 419 g/mol. The Balaban J connectivity index is 1.29. The number of piperidine rings is 1. The van der Waals surface area contributed by atoms with Crippen molar-refractivity contribution in [3.05, 3.63) is 65.4 Å². The first-order chi connectivity index (χ1) is 15.0. The molecule has 0 aliphatic carbocycles. The van der Waals surface area contributed by atoms with Gasteiger partial charge >= 0.3 is 0 Å². The summed E-state index contributed by atoms with van der Waals surface area (Å²) in [5.74, 6) is 0.686. The second-order valence-electron chi connectivity index (χ2n) is 7.97. The van der Waals surface area contributed by atoms with Crippen LogP contribution in [0.1, 0.15) is 40.7 Å². The minimum atomic E-state index is -0.404. The number of benzene rings is 2. The Morgan fingerprint density at radius 2 is 1.97 bits per heavy atom.